The summed E-state index contributed by atoms with van der Waals surface area (Å²) < 4.78 is 10.7. The minimum Gasteiger partial charge on any atom is -0.494 e. The molecule has 0 aliphatic heterocycles. The van der Waals surface area contributed by atoms with Gasteiger partial charge in [-0.15, -0.1) is 0 Å². The van der Waals surface area contributed by atoms with Crippen LogP contribution in [0.1, 0.15) is 35.7 Å². The zero-order chi connectivity index (χ0) is 17.4. The monoisotopic (exact) mass is 329 g/mol. The van der Waals surface area contributed by atoms with Crippen LogP contribution in [0.3, 0.4) is 0 Å². The van der Waals surface area contributed by atoms with Crippen LogP contribution in [0.5, 0.6) is 5.75 Å². The van der Waals surface area contributed by atoms with Crippen LogP contribution in [0.2, 0.25) is 0 Å². The maximum absolute atomic E-state index is 12.0. The van der Waals surface area contributed by atoms with Crippen LogP contribution < -0.4 is 4.74 Å². The summed E-state index contributed by atoms with van der Waals surface area (Å²) in [5, 5.41) is 10.7. The molecule has 0 fully saturated rings. The number of rotatable bonds is 8. The zero-order valence-electron chi connectivity index (χ0n) is 13.4. The van der Waals surface area contributed by atoms with Gasteiger partial charge < -0.3 is 9.47 Å². The number of non-ortho nitro benzene ring substituents is 1. The summed E-state index contributed by atoms with van der Waals surface area (Å²) in [5.74, 6) is 0.222. The summed E-state index contributed by atoms with van der Waals surface area (Å²) in [6.45, 7) is 2.71. The fourth-order valence-electron chi connectivity index (χ4n) is 2.01. The maximum atomic E-state index is 12.0. The van der Waals surface area contributed by atoms with Gasteiger partial charge in [-0.2, -0.15) is 0 Å². The molecule has 0 spiro atoms. The molecule has 0 saturated carbocycles. The van der Waals surface area contributed by atoms with Crippen molar-refractivity contribution < 1.29 is 19.2 Å². The van der Waals surface area contributed by atoms with Gasteiger partial charge in [0.15, 0.2) is 0 Å². The van der Waals surface area contributed by atoms with Gasteiger partial charge in [0.25, 0.3) is 5.69 Å². The number of unbranched alkanes of at least 4 members (excludes halogenated alkanes) is 1. The molecular formula is C18H19NO5. The standard InChI is InChI=1S/C18H19NO5/c1-2-3-11-23-17-9-7-15(8-10-17)18(20)24-13-14-5-4-6-16(12-14)19(21)22/h4-10,12H,2-3,11,13H2,1H3. The van der Waals surface area contributed by atoms with Crippen LogP contribution in [0.4, 0.5) is 5.69 Å². The third-order valence-electron chi connectivity index (χ3n) is 3.35. The third kappa shape index (κ3) is 5.08. The van der Waals surface area contributed by atoms with Gasteiger partial charge in [0.05, 0.1) is 17.1 Å². The summed E-state index contributed by atoms with van der Waals surface area (Å²) in [5.41, 5.74) is 0.942. The lowest BCUT2D eigenvalue weighted by Crippen LogP contribution is -2.05. The molecule has 0 heterocycles. The first-order valence-corrected chi connectivity index (χ1v) is 7.73. The van der Waals surface area contributed by atoms with E-state index in [-0.39, 0.29) is 12.3 Å². The van der Waals surface area contributed by atoms with Crippen molar-refractivity contribution in [1.29, 1.82) is 0 Å². The summed E-state index contributed by atoms with van der Waals surface area (Å²) >= 11 is 0. The molecule has 2 aromatic rings. The highest BCUT2D eigenvalue weighted by atomic mass is 16.6. The molecule has 0 atom stereocenters. The van der Waals surface area contributed by atoms with Gasteiger partial charge in [0, 0.05) is 12.1 Å². The number of benzene rings is 2. The largest absolute Gasteiger partial charge is 0.494 e. The quantitative estimate of drug-likeness (QED) is 0.315. The van der Waals surface area contributed by atoms with Crippen LogP contribution in [0.25, 0.3) is 0 Å². The molecule has 126 valence electrons. The molecule has 0 N–H and O–H groups in total. The van der Waals surface area contributed by atoms with E-state index in [4.69, 9.17) is 9.47 Å². The molecule has 0 saturated heterocycles. The smallest absolute Gasteiger partial charge is 0.338 e. The Bertz CT molecular complexity index is 697. The second kappa shape index (κ2) is 8.67. The van der Waals surface area contributed by atoms with E-state index in [0.29, 0.717) is 23.5 Å². The topological polar surface area (TPSA) is 78.7 Å². The second-order valence-electron chi connectivity index (χ2n) is 5.23. The van der Waals surface area contributed by atoms with Gasteiger partial charge in [0.1, 0.15) is 12.4 Å². The number of carbonyl (C=O) groups is 1. The van der Waals surface area contributed by atoms with Gasteiger partial charge in [-0.3, -0.25) is 10.1 Å². The van der Waals surface area contributed by atoms with Crippen molar-refractivity contribution in [2.75, 3.05) is 6.61 Å². The Hall–Kier alpha value is -2.89. The van der Waals surface area contributed by atoms with E-state index in [1.165, 1.54) is 12.1 Å². The molecule has 6 nitrogen and oxygen atoms in total. The predicted octanol–water partition coefficient (Wildman–Crippen LogP) is 4.13. The van der Waals surface area contributed by atoms with Crippen molar-refractivity contribution >= 4 is 11.7 Å². The van der Waals surface area contributed by atoms with Crippen molar-refractivity contribution in [1.82, 2.24) is 0 Å². The molecule has 0 aromatic heterocycles. The molecule has 0 amide bonds. The van der Waals surface area contributed by atoms with E-state index >= 15 is 0 Å². The first-order valence-electron chi connectivity index (χ1n) is 7.73. The number of nitro groups is 1. The van der Waals surface area contributed by atoms with Crippen LogP contribution in [0, 0.1) is 10.1 Å². The summed E-state index contributed by atoms with van der Waals surface area (Å²) in [7, 11) is 0. The average Bonchev–Trinajstić information content (AvgIpc) is 2.60. The van der Waals surface area contributed by atoms with Gasteiger partial charge in [-0.25, -0.2) is 4.79 Å². The molecule has 2 aromatic carbocycles. The van der Waals surface area contributed by atoms with Gasteiger partial charge in [0.2, 0.25) is 0 Å². The number of nitro benzene ring substituents is 1. The number of nitrogens with zero attached hydrogens (tertiary/aromatic N) is 1. The number of hydrogen-bond acceptors (Lipinski definition) is 5. The van der Waals surface area contributed by atoms with Crippen molar-refractivity contribution in [2.24, 2.45) is 0 Å². The Kier molecular flexibility index (Phi) is 6.31. The molecule has 0 aliphatic carbocycles. The number of ether oxygens (including phenoxy) is 2. The Balaban J connectivity index is 1.90. The van der Waals surface area contributed by atoms with Crippen LogP contribution in [-0.4, -0.2) is 17.5 Å². The molecule has 0 aliphatic rings. The number of esters is 1. The van der Waals surface area contributed by atoms with Crippen LogP contribution >= 0.6 is 0 Å². The van der Waals surface area contributed by atoms with Crippen LogP contribution in [0.15, 0.2) is 48.5 Å². The fraction of sp³-hybridized carbons (Fsp3) is 0.278. The van der Waals surface area contributed by atoms with E-state index in [0.717, 1.165) is 12.8 Å². The summed E-state index contributed by atoms with van der Waals surface area (Å²) in [6.07, 6.45) is 2.04. The Morgan fingerprint density at radius 3 is 2.58 bits per heavy atom. The predicted molar refractivity (Wildman–Crippen MR) is 89.1 cm³/mol. The van der Waals surface area contributed by atoms with Gasteiger partial charge >= 0.3 is 5.97 Å². The van der Waals surface area contributed by atoms with E-state index in [9.17, 15) is 14.9 Å². The molecular weight excluding hydrogens is 310 g/mol. The van der Waals surface area contributed by atoms with Crippen molar-refractivity contribution in [3.05, 3.63) is 69.8 Å². The second-order valence-corrected chi connectivity index (χ2v) is 5.23. The number of hydrogen-bond donors (Lipinski definition) is 0. The van der Waals surface area contributed by atoms with E-state index in [2.05, 4.69) is 6.92 Å². The lowest BCUT2D eigenvalue weighted by Gasteiger charge is -2.07. The zero-order valence-corrected chi connectivity index (χ0v) is 13.4. The highest BCUT2D eigenvalue weighted by Crippen LogP contribution is 2.16. The molecule has 6 heteroatoms. The number of carbonyl (C=O) groups excluding carboxylic acids is 1. The normalized spacial score (nSPS) is 10.2. The molecule has 24 heavy (non-hydrogen) atoms. The Labute approximate surface area is 140 Å². The molecule has 0 radical (unpaired) electrons. The van der Waals surface area contributed by atoms with Gasteiger partial charge in [-0.1, -0.05) is 25.5 Å². The highest BCUT2D eigenvalue weighted by Gasteiger charge is 2.10. The third-order valence-corrected chi connectivity index (χ3v) is 3.35. The first-order chi connectivity index (χ1) is 11.6. The SMILES string of the molecule is CCCCOc1ccc(C(=O)OCc2cccc([N+](=O)[O-])c2)cc1. The lowest BCUT2D eigenvalue weighted by molar-refractivity contribution is -0.384. The minimum absolute atomic E-state index is 0.0186. The van der Waals surface area contributed by atoms with E-state index in [1.54, 1.807) is 36.4 Å². The highest BCUT2D eigenvalue weighted by molar-refractivity contribution is 5.89. The Morgan fingerprint density at radius 1 is 1.17 bits per heavy atom. The molecule has 0 bridgehead atoms. The minimum atomic E-state index is -0.485. The average molecular weight is 329 g/mol. The van der Waals surface area contributed by atoms with Crippen molar-refractivity contribution in [3.8, 4) is 5.75 Å². The van der Waals surface area contributed by atoms with E-state index < -0.39 is 10.9 Å². The summed E-state index contributed by atoms with van der Waals surface area (Å²) in [6, 6.07) is 12.7. The molecule has 0 unspecified atom stereocenters. The maximum Gasteiger partial charge on any atom is 0.338 e. The Morgan fingerprint density at radius 2 is 1.92 bits per heavy atom. The van der Waals surface area contributed by atoms with Crippen molar-refractivity contribution in [3.63, 3.8) is 0 Å². The first kappa shape index (κ1) is 17.5. The van der Waals surface area contributed by atoms with Gasteiger partial charge in [-0.05, 0) is 36.2 Å². The fourth-order valence-corrected chi connectivity index (χ4v) is 2.01. The molecule has 2 rings (SSSR count). The van der Waals surface area contributed by atoms with Crippen LogP contribution in [-0.2, 0) is 11.3 Å². The van der Waals surface area contributed by atoms with E-state index in [1.807, 2.05) is 0 Å². The summed E-state index contributed by atoms with van der Waals surface area (Å²) in [4.78, 5) is 22.3. The lowest BCUT2D eigenvalue weighted by atomic mass is 10.2. The van der Waals surface area contributed by atoms with Crippen molar-refractivity contribution in [2.45, 2.75) is 26.4 Å².